The number of anilines is 1. The van der Waals surface area contributed by atoms with Crippen molar-refractivity contribution in [1.82, 2.24) is 14.8 Å². The second kappa shape index (κ2) is 6.96. The number of para-hydroxylation sites is 1. The molecule has 7 heteroatoms. The van der Waals surface area contributed by atoms with Crippen molar-refractivity contribution in [2.24, 2.45) is 0 Å². The van der Waals surface area contributed by atoms with Crippen LogP contribution in [0.15, 0.2) is 84.7 Å². The molecule has 0 radical (unpaired) electrons. The minimum atomic E-state index is -0.434. The summed E-state index contributed by atoms with van der Waals surface area (Å²) in [5.41, 5.74) is 4.71. The van der Waals surface area contributed by atoms with E-state index >= 15 is 0 Å². The third-order valence-electron chi connectivity index (χ3n) is 5.68. The molecule has 31 heavy (non-hydrogen) atoms. The molecule has 2 atom stereocenters. The molecule has 2 aliphatic rings. The topological polar surface area (TPSA) is 52.0 Å². The summed E-state index contributed by atoms with van der Waals surface area (Å²) in [6.45, 7) is 0. The zero-order chi connectivity index (χ0) is 20.9. The van der Waals surface area contributed by atoms with E-state index in [0.29, 0.717) is 11.0 Å². The number of hydrogen-bond donors (Lipinski definition) is 1. The van der Waals surface area contributed by atoms with Crippen LogP contribution in [0.25, 0.3) is 5.70 Å². The SMILES string of the molecule is Fc1ccc([C@@H]2Oc3ccccc3C3=C2[C@H](c2ccc(Cl)cc2)n2ncnc2N3)cc1. The average Bonchev–Trinajstić information content (AvgIpc) is 3.27. The van der Waals surface area contributed by atoms with Crippen LogP contribution in [-0.2, 0) is 0 Å². The quantitative estimate of drug-likeness (QED) is 0.447. The summed E-state index contributed by atoms with van der Waals surface area (Å²) in [7, 11) is 0. The molecule has 1 aromatic heterocycles. The maximum atomic E-state index is 13.7. The first kappa shape index (κ1) is 18.2. The van der Waals surface area contributed by atoms with E-state index in [1.54, 1.807) is 12.1 Å². The zero-order valence-electron chi connectivity index (χ0n) is 16.2. The number of benzene rings is 3. The van der Waals surface area contributed by atoms with Crippen LogP contribution in [0.5, 0.6) is 5.75 Å². The van der Waals surface area contributed by atoms with Crippen LogP contribution in [0.3, 0.4) is 0 Å². The van der Waals surface area contributed by atoms with Gasteiger partial charge in [0.05, 0.1) is 5.70 Å². The Kier molecular flexibility index (Phi) is 4.07. The van der Waals surface area contributed by atoms with Crippen molar-refractivity contribution in [3.8, 4) is 5.75 Å². The Bertz CT molecular complexity index is 1310. The minimum absolute atomic E-state index is 0.269. The van der Waals surface area contributed by atoms with E-state index in [1.807, 2.05) is 53.2 Å². The smallest absolute Gasteiger partial charge is 0.226 e. The lowest BCUT2D eigenvalue weighted by Crippen LogP contribution is -2.32. The molecule has 3 heterocycles. The van der Waals surface area contributed by atoms with Crippen molar-refractivity contribution in [3.05, 3.63) is 112 Å². The highest BCUT2D eigenvalue weighted by Crippen LogP contribution is 2.50. The summed E-state index contributed by atoms with van der Waals surface area (Å²) in [5.74, 6) is 1.11. The molecule has 0 saturated carbocycles. The van der Waals surface area contributed by atoms with Crippen LogP contribution in [0.1, 0.15) is 28.8 Å². The number of nitrogens with one attached hydrogen (secondary N) is 1. The number of hydrogen-bond acceptors (Lipinski definition) is 4. The summed E-state index contributed by atoms with van der Waals surface area (Å²) >= 11 is 6.15. The molecule has 2 aliphatic heterocycles. The molecule has 0 aliphatic carbocycles. The van der Waals surface area contributed by atoms with Crippen LogP contribution in [0, 0.1) is 5.82 Å². The first-order valence-electron chi connectivity index (χ1n) is 9.86. The lowest BCUT2D eigenvalue weighted by atomic mass is 9.84. The summed E-state index contributed by atoms with van der Waals surface area (Å²) in [5, 5.41) is 8.59. The molecule has 0 amide bonds. The Hall–Kier alpha value is -3.64. The van der Waals surface area contributed by atoms with Crippen molar-refractivity contribution in [3.63, 3.8) is 0 Å². The van der Waals surface area contributed by atoms with Crippen LogP contribution in [-0.4, -0.2) is 14.8 Å². The summed E-state index contributed by atoms with van der Waals surface area (Å²) in [6, 6.07) is 21.7. The Morgan fingerprint density at radius 2 is 1.68 bits per heavy atom. The number of ether oxygens (including phenoxy) is 1. The van der Waals surface area contributed by atoms with Gasteiger partial charge in [-0.1, -0.05) is 48.0 Å². The van der Waals surface area contributed by atoms with Gasteiger partial charge in [0.15, 0.2) is 0 Å². The molecule has 0 unspecified atom stereocenters. The molecule has 0 fully saturated rings. The van der Waals surface area contributed by atoms with E-state index in [4.69, 9.17) is 16.3 Å². The maximum absolute atomic E-state index is 13.7. The molecule has 0 saturated heterocycles. The molecular weight excluding hydrogens is 415 g/mol. The Balaban J connectivity index is 1.62. The second-order valence-corrected chi connectivity index (χ2v) is 7.92. The van der Waals surface area contributed by atoms with Gasteiger partial charge in [-0.05, 0) is 47.5 Å². The predicted molar refractivity (Wildman–Crippen MR) is 116 cm³/mol. The molecule has 5 nitrogen and oxygen atoms in total. The van der Waals surface area contributed by atoms with E-state index in [9.17, 15) is 4.39 Å². The molecule has 6 rings (SSSR count). The van der Waals surface area contributed by atoms with E-state index in [1.165, 1.54) is 18.5 Å². The number of rotatable bonds is 2. The van der Waals surface area contributed by atoms with Gasteiger partial charge in [-0.15, -0.1) is 0 Å². The Labute approximate surface area is 182 Å². The lowest BCUT2D eigenvalue weighted by molar-refractivity contribution is 0.223. The first-order chi connectivity index (χ1) is 15.2. The van der Waals surface area contributed by atoms with Gasteiger partial charge < -0.3 is 10.1 Å². The molecule has 0 bridgehead atoms. The number of fused-ring (bicyclic) bond motifs is 3. The average molecular weight is 431 g/mol. The largest absolute Gasteiger partial charge is 0.480 e. The number of nitrogens with zero attached hydrogens (tertiary/aromatic N) is 3. The molecule has 1 N–H and O–H groups in total. The highest BCUT2D eigenvalue weighted by Gasteiger charge is 2.40. The first-order valence-corrected chi connectivity index (χ1v) is 10.2. The zero-order valence-corrected chi connectivity index (χ0v) is 16.9. The Morgan fingerprint density at radius 3 is 2.48 bits per heavy atom. The summed E-state index contributed by atoms with van der Waals surface area (Å²) < 4.78 is 22.0. The van der Waals surface area contributed by atoms with E-state index < -0.39 is 6.10 Å². The molecule has 0 spiro atoms. The number of halogens is 2. The second-order valence-electron chi connectivity index (χ2n) is 7.48. The standard InChI is InChI=1S/C24H16ClFN4O/c25-16-9-5-14(6-10-16)22-20-21(29-24-27-13-28-30(22)24)18-3-1-2-4-19(18)31-23(20)15-7-11-17(26)12-8-15/h1-13,22-23H,(H,27,28,29)/t22-,23-/m0/s1. The van der Waals surface area contributed by atoms with Gasteiger partial charge in [-0.2, -0.15) is 10.1 Å². The fourth-order valence-corrected chi connectivity index (χ4v) is 4.42. The van der Waals surface area contributed by atoms with E-state index in [2.05, 4.69) is 15.4 Å². The highest BCUT2D eigenvalue weighted by molar-refractivity contribution is 6.30. The van der Waals surface area contributed by atoms with Gasteiger partial charge in [0.25, 0.3) is 0 Å². The highest BCUT2D eigenvalue weighted by atomic mass is 35.5. The van der Waals surface area contributed by atoms with Crippen LogP contribution >= 0.6 is 11.6 Å². The van der Waals surface area contributed by atoms with Gasteiger partial charge in [0, 0.05) is 16.2 Å². The third-order valence-corrected chi connectivity index (χ3v) is 5.93. The molecular formula is C24H16ClFN4O. The van der Waals surface area contributed by atoms with Crippen molar-refractivity contribution in [2.45, 2.75) is 12.1 Å². The van der Waals surface area contributed by atoms with Gasteiger partial charge >= 0.3 is 0 Å². The number of aromatic nitrogens is 3. The van der Waals surface area contributed by atoms with Gasteiger partial charge in [-0.25, -0.2) is 9.07 Å². The molecule has 152 valence electrons. The van der Waals surface area contributed by atoms with Gasteiger partial charge in [-0.3, -0.25) is 0 Å². The van der Waals surface area contributed by atoms with Crippen molar-refractivity contribution in [1.29, 1.82) is 0 Å². The van der Waals surface area contributed by atoms with Crippen LogP contribution in [0.2, 0.25) is 5.02 Å². The monoisotopic (exact) mass is 430 g/mol. The van der Waals surface area contributed by atoms with Crippen molar-refractivity contribution in [2.75, 3.05) is 5.32 Å². The summed E-state index contributed by atoms with van der Waals surface area (Å²) in [6.07, 6.45) is 1.10. The Morgan fingerprint density at radius 1 is 0.935 bits per heavy atom. The molecule has 3 aromatic carbocycles. The minimum Gasteiger partial charge on any atom is -0.480 e. The fraction of sp³-hybridized carbons (Fsp3) is 0.0833. The summed E-state index contributed by atoms with van der Waals surface area (Å²) in [4.78, 5) is 4.41. The van der Waals surface area contributed by atoms with Crippen LogP contribution < -0.4 is 10.1 Å². The normalized spacial score (nSPS) is 19.0. The van der Waals surface area contributed by atoms with Gasteiger partial charge in [0.2, 0.25) is 5.95 Å². The van der Waals surface area contributed by atoms with Crippen LogP contribution in [0.4, 0.5) is 10.3 Å². The van der Waals surface area contributed by atoms with Crippen molar-refractivity contribution < 1.29 is 9.13 Å². The predicted octanol–water partition coefficient (Wildman–Crippen LogP) is 5.63. The van der Waals surface area contributed by atoms with E-state index in [0.717, 1.165) is 33.7 Å². The maximum Gasteiger partial charge on any atom is 0.226 e. The fourth-order valence-electron chi connectivity index (χ4n) is 4.30. The van der Waals surface area contributed by atoms with E-state index in [-0.39, 0.29) is 11.9 Å². The third kappa shape index (κ3) is 2.91. The van der Waals surface area contributed by atoms with Gasteiger partial charge in [0.1, 0.15) is 30.0 Å². The lowest BCUT2D eigenvalue weighted by Gasteiger charge is -2.39. The molecule has 4 aromatic rings. The van der Waals surface area contributed by atoms with Crippen molar-refractivity contribution >= 4 is 23.2 Å².